The normalized spacial score (nSPS) is 13.6. The van der Waals surface area contributed by atoms with Crippen LogP contribution in [0.3, 0.4) is 0 Å². The van der Waals surface area contributed by atoms with Gasteiger partial charge in [0.2, 0.25) is 0 Å². The molecule has 6 nitrogen and oxygen atoms in total. The molecule has 1 aliphatic rings. The minimum atomic E-state index is -2.99. The van der Waals surface area contributed by atoms with Gasteiger partial charge in [0.05, 0.1) is 0 Å². The number of halogens is 2. The molecule has 45 heavy (non-hydrogen) atoms. The molecule has 5 rings (SSSR count). The van der Waals surface area contributed by atoms with Crippen molar-refractivity contribution in [2.24, 2.45) is 5.92 Å². The van der Waals surface area contributed by atoms with Crippen molar-refractivity contribution >= 4 is 17.5 Å². The molecule has 4 N–H and O–H groups in total. The Bertz CT molecular complexity index is 1720. The molecule has 1 aliphatic carbocycles. The van der Waals surface area contributed by atoms with Gasteiger partial charge >= 0.3 is 0 Å². The van der Waals surface area contributed by atoms with E-state index in [0.717, 1.165) is 44.5 Å². The van der Waals surface area contributed by atoms with Crippen LogP contribution in [0.2, 0.25) is 0 Å². The zero-order valence-electron chi connectivity index (χ0n) is 26.0. The van der Waals surface area contributed by atoms with Crippen LogP contribution in [0.5, 0.6) is 0 Å². The van der Waals surface area contributed by atoms with E-state index in [1.54, 1.807) is 0 Å². The van der Waals surface area contributed by atoms with Crippen molar-refractivity contribution in [3.05, 3.63) is 124 Å². The Morgan fingerprint density at radius 2 is 1.29 bits per heavy atom. The summed E-state index contributed by atoms with van der Waals surface area (Å²) in [6, 6.07) is 23.3. The van der Waals surface area contributed by atoms with E-state index in [2.05, 4.69) is 16.7 Å². The van der Waals surface area contributed by atoms with Crippen LogP contribution in [-0.4, -0.2) is 17.0 Å². The van der Waals surface area contributed by atoms with Crippen molar-refractivity contribution < 1.29 is 23.6 Å². The molecule has 1 saturated carbocycles. The maximum absolute atomic E-state index is 14.7. The van der Waals surface area contributed by atoms with E-state index in [-0.39, 0.29) is 22.6 Å². The highest BCUT2D eigenvalue weighted by Gasteiger charge is 2.48. The molecular weight excluding hydrogens is 572 g/mol. The van der Waals surface area contributed by atoms with Gasteiger partial charge in [-0.1, -0.05) is 48.5 Å². The standard InChI is InChI=1S/C37H37F2N3O3/c1-21-9-6-10-22(2)32(21)26-17-27(33-23(3)11-7-12-24(33)4)19-28(18-26)35(43)40-25(5)34(42-45)36(44)41-31-14-8-13-30(20-31)37(38,39)29-15-16-29/h6-14,17-20,29,42,45H,15-16H2,1-5H3,(H,40,43)(H,41,44)/b34-25-. The number of hydrogen-bond acceptors (Lipinski definition) is 4. The van der Waals surface area contributed by atoms with Gasteiger partial charge in [-0.2, -0.15) is 0 Å². The highest BCUT2D eigenvalue weighted by atomic mass is 19.3. The molecule has 4 aromatic rings. The maximum atomic E-state index is 14.7. The zero-order valence-corrected chi connectivity index (χ0v) is 26.0. The van der Waals surface area contributed by atoms with E-state index in [4.69, 9.17) is 0 Å². The van der Waals surface area contributed by atoms with Gasteiger partial charge in [0.1, 0.15) is 5.70 Å². The average molecular weight is 610 g/mol. The zero-order chi connectivity index (χ0) is 32.5. The Labute approximate surface area is 262 Å². The first-order valence-electron chi connectivity index (χ1n) is 14.9. The fourth-order valence-corrected chi connectivity index (χ4v) is 5.88. The number of allylic oxidation sites excluding steroid dienone is 1. The molecule has 0 radical (unpaired) electrons. The van der Waals surface area contributed by atoms with Gasteiger partial charge in [-0.05, 0) is 122 Å². The highest BCUT2D eigenvalue weighted by Crippen LogP contribution is 2.50. The van der Waals surface area contributed by atoms with Gasteiger partial charge < -0.3 is 10.6 Å². The van der Waals surface area contributed by atoms with Crippen molar-refractivity contribution in [1.82, 2.24) is 10.8 Å². The summed E-state index contributed by atoms with van der Waals surface area (Å²) >= 11 is 0. The van der Waals surface area contributed by atoms with E-state index in [1.807, 2.05) is 81.7 Å². The molecule has 0 aromatic heterocycles. The molecule has 0 aliphatic heterocycles. The van der Waals surface area contributed by atoms with Crippen LogP contribution in [-0.2, 0) is 10.7 Å². The molecule has 0 unspecified atom stereocenters. The van der Waals surface area contributed by atoms with E-state index in [1.165, 1.54) is 31.2 Å². The van der Waals surface area contributed by atoms with Crippen LogP contribution in [0.1, 0.15) is 57.9 Å². The predicted octanol–water partition coefficient (Wildman–Crippen LogP) is 8.33. The van der Waals surface area contributed by atoms with Crippen molar-refractivity contribution in [2.45, 2.75) is 53.4 Å². The fraction of sp³-hybridized carbons (Fsp3) is 0.243. The van der Waals surface area contributed by atoms with Crippen molar-refractivity contribution in [3.63, 3.8) is 0 Å². The summed E-state index contributed by atoms with van der Waals surface area (Å²) in [7, 11) is 0. The van der Waals surface area contributed by atoms with E-state index < -0.39 is 23.7 Å². The highest BCUT2D eigenvalue weighted by molar-refractivity contribution is 6.05. The Kier molecular flexibility index (Phi) is 8.89. The minimum Gasteiger partial charge on any atom is -0.324 e. The fourth-order valence-electron chi connectivity index (χ4n) is 5.88. The van der Waals surface area contributed by atoms with Gasteiger partial charge in [-0.3, -0.25) is 20.3 Å². The summed E-state index contributed by atoms with van der Waals surface area (Å²) in [5.74, 6) is -4.97. The molecule has 0 saturated heterocycles. The lowest BCUT2D eigenvalue weighted by molar-refractivity contribution is -0.114. The summed E-state index contributed by atoms with van der Waals surface area (Å²) in [6.07, 6.45) is 0.923. The monoisotopic (exact) mass is 609 g/mol. The predicted molar refractivity (Wildman–Crippen MR) is 173 cm³/mol. The summed E-state index contributed by atoms with van der Waals surface area (Å²) in [6.45, 7) is 9.58. The number of alkyl halides is 2. The molecule has 4 aromatic carbocycles. The Morgan fingerprint density at radius 1 is 0.778 bits per heavy atom. The number of amides is 2. The average Bonchev–Trinajstić information content (AvgIpc) is 3.84. The molecule has 2 amide bonds. The first kappa shape index (κ1) is 31.6. The maximum Gasteiger partial charge on any atom is 0.276 e. The van der Waals surface area contributed by atoms with Gasteiger partial charge in [0.25, 0.3) is 17.7 Å². The first-order valence-corrected chi connectivity index (χ1v) is 14.9. The van der Waals surface area contributed by atoms with Crippen LogP contribution >= 0.6 is 0 Å². The lowest BCUT2D eigenvalue weighted by Crippen LogP contribution is -2.31. The Balaban J connectivity index is 1.47. The topological polar surface area (TPSA) is 90.5 Å². The Morgan fingerprint density at radius 3 is 1.78 bits per heavy atom. The number of hydroxylamine groups is 1. The number of nitrogens with one attached hydrogen (secondary N) is 3. The number of benzene rings is 4. The van der Waals surface area contributed by atoms with Gasteiger partial charge in [-0.15, -0.1) is 0 Å². The smallest absolute Gasteiger partial charge is 0.276 e. The van der Waals surface area contributed by atoms with Crippen molar-refractivity contribution in [2.75, 3.05) is 5.32 Å². The molecule has 0 bridgehead atoms. The molecule has 0 atom stereocenters. The number of aryl methyl sites for hydroxylation is 4. The summed E-state index contributed by atoms with van der Waals surface area (Å²) < 4.78 is 29.3. The third-order valence-electron chi connectivity index (χ3n) is 8.35. The van der Waals surface area contributed by atoms with E-state index >= 15 is 0 Å². The van der Waals surface area contributed by atoms with Gasteiger partial charge in [0.15, 0.2) is 0 Å². The quantitative estimate of drug-likeness (QED) is 0.113. The minimum absolute atomic E-state index is 0.0468. The van der Waals surface area contributed by atoms with Crippen LogP contribution in [0, 0.1) is 33.6 Å². The summed E-state index contributed by atoms with van der Waals surface area (Å²) in [5, 5.41) is 15.1. The van der Waals surface area contributed by atoms with E-state index in [0.29, 0.717) is 18.4 Å². The van der Waals surface area contributed by atoms with Crippen LogP contribution in [0.15, 0.2) is 90.3 Å². The second-order valence-electron chi connectivity index (χ2n) is 11.8. The SMILES string of the molecule is C/C(NC(=O)c1cc(-c2c(C)cccc2C)cc(-c2c(C)cccc2C)c1)=C(/NO)C(=O)Nc1cccc(C(F)(F)C2CC2)c1. The second kappa shape index (κ2) is 12.7. The number of hydrogen-bond donors (Lipinski definition) is 4. The number of rotatable bonds is 9. The second-order valence-corrected chi connectivity index (χ2v) is 11.8. The van der Waals surface area contributed by atoms with Crippen LogP contribution < -0.4 is 16.1 Å². The van der Waals surface area contributed by atoms with Crippen molar-refractivity contribution in [1.29, 1.82) is 0 Å². The largest absolute Gasteiger partial charge is 0.324 e. The lowest BCUT2D eigenvalue weighted by Gasteiger charge is -2.18. The van der Waals surface area contributed by atoms with Crippen LogP contribution in [0.4, 0.5) is 14.5 Å². The molecule has 1 fully saturated rings. The van der Waals surface area contributed by atoms with Crippen LogP contribution in [0.25, 0.3) is 22.3 Å². The summed E-state index contributed by atoms with van der Waals surface area (Å²) in [4.78, 5) is 26.8. The van der Waals surface area contributed by atoms with Gasteiger partial charge in [-0.25, -0.2) is 8.78 Å². The molecule has 0 spiro atoms. The molecular formula is C37H37F2N3O3. The van der Waals surface area contributed by atoms with Gasteiger partial charge in [0, 0.05) is 28.4 Å². The number of carbonyl (C=O) groups excluding carboxylic acids is 2. The Hall–Kier alpha value is -4.82. The third-order valence-corrected chi connectivity index (χ3v) is 8.35. The number of anilines is 1. The molecule has 232 valence electrons. The number of carbonyl (C=O) groups is 2. The lowest BCUT2D eigenvalue weighted by atomic mass is 9.89. The third kappa shape index (κ3) is 6.66. The first-order chi connectivity index (χ1) is 21.4. The van der Waals surface area contributed by atoms with E-state index in [9.17, 15) is 23.6 Å². The van der Waals surface area contributed by atoms with Crippen molar-refractivity contribution in [3.8, 4) is 22.3 Å². The summed E-state index contributed by atoms with van der Waals surface area (Å²) in [5.41, 5.74) is 9.97. The molecule has 8 heteroatoms. The molecule has 0 heterocycles.